The van der Waals surface area contributed by atoms with E-state index in [-0.39, 0.29) is 29.8 Å². The summed E-state index contributed by atoms with van der Waals surface area (Å²) < 4.78 is 0. The number of carbonyl (C=O) groups excluding carboxylic acids is 2. The molecular weight excluding hydrogens is 260 g/mol. The third kappa shape index (κ3) is 3.88. The van der Waals surface area contributed by atoms with E-state index < -0.39 is 0 Å². The van der Waals surface area contributed by atoms with Crippen LogP contribution in [-0.2, 0) is 9.59 Å². The molecule has 0 radical (unpaired) electrons. The maximum atomic E-state index is 12.5. The molecule has 1 heterocycles. The van der Waals surface area contributed by atoms with Crippen molar-refractivity contribution < 1.29 is 9.59 Å². The summed E-state index contributed by atoms with van der Waals surface area (Å²) in [6.07, 6.45) is 4.56. The molecule has 0 aliphatic carbocycles. The van der Waals surface area contributed by atoms with Gasteiger partial charge in [-0.25, -0.2) is 0 Å². The van der Waals surface area contributed by atoms with Crippen LogP contribution in [0.1, 0.15) is 40.0 Å². The van der Waals surface area contributed by atoms with Gasteiger partial charge in [0.2, 0.25) is 11.8 Å². The molecular formula is C14H26N2O2S. The molecule has 1 N–H and O–H groups in total. The maximum absolute atomic E-state index is 12.5. The average molecular weight is 286 g/mol. The Morgan fingerprint density at radius 2 is 2.05 bits per heavy atom. The molecule has 1 saturated heterocycles. The van der Waals surface area contributed by atoms with Crippen molar-refractivity contribution in [3.63, 3.8) is 0 Å². The molecule has 19 heavy (non-hydrogen) atoms. The lowest BCUT2D eigenvalue weighted by Crippen LogP contribution is -2.65. The summed E-state index contributed by atoms with van der Waals surface area (Å²) >= 11 is 1.71. The Bertz CT molecular complexity index is 323. The van der Waals surface area contributed by atoms with Crippen LogP contribution in [0.4, 0.5) is 0 Å². The van der Waals surface area contributed by atoms with Gasteiger partial charge in [0.05, 0.1) is 0 Å². The van der Waals surface area contributed by atoms with Crippen molar-refractivity contribution in [3.05, 3.63) is 0 Å². The molecule has 4 nitrogen and oxygen atoms in total. The molecule has 0 saturated carbocycles. The fourth-order valence-electron chi connectivity index (χ4n) is 2.51. The van der Waals surface area contributed by atoms with E-state index in [0.29, 0.717) is 6.54 Å². The predicted octanol–water partition coefficient (Wildman–Crippen LogP) is 1.89. The zero-order valence-electron chi connectivity index (χ0n) is 12.4. The Labute approximate surface area is 120 Å². The van der Waals surface area contributed by atoms with Crippen LogP contribution in [0.15, 0.2) is 0 Å². The van der Waals surface area contributed by atoms with Crippen molar-refractivity contribution in [2.24, 2.45) is 5.92 Å². The molecule has 0 aromatic carbocycles. The van der Waals surface area contributed by atoms with Gasteiger partial charge >= 0.3 is 0 Å². The van der Waals surface area contributed by atoms with Gasteiger partial charge < -0.3 is 10.2 Å². The van der Waals surface area contributed by atoms with Gasteiger partial charge in [0.25, 0.3) is 0 Å². The molecule has 110 valence electrons. The molecule has 1 fully saturated rings. The summed E-state index contributed by atoms with van der Waals surface area (Å²) in [5.41, 5.74) is 0. The lowest BCUT2D eigenvalue weighted by Gasteiger charge is -2.41. The second-order valence-electron chi connectivity index (χ2n) is 5.20. The van der Waals surface area contributed by atoms with Gasteiger partial charge in [0.15, 0.2) is 0 Å². The van der Waals surface area contributed by atoms with Crippen LogP contribution in [0.3, 0.4) is 0 Å². The molecule has 2 amide bonds. The van der Waals surface area contributed by atoms with E-state index in [1.165, 1.54) is 0 Å². The van der Waals surface area contributed by atoms with Gasteiger partial charge in [-0.1, -0.05) is 33.6 Å². The molecule has 1 aliphatic rings. The maximum Gasteiger partial charge on any atom is 0.245 e. The van der Waals surface area contributed by atoms with E-state index in [1.54, 1.807) is 11.8 Å². The van der Waals surface area contributed by atoms with Crippen LogP contribution in [0.2, 0.25) is 0 Å². The third-order valence-electron chi connectivity index (χ3n) is 3.80. The second kappa shape index (κ2) is 7.78. The number of hydrogen-bond acceptors (Lipinski definition) is 3. The summed E-state index contributed by atoms with van der Waals surface area (Å²) in [4.78, 5) is 26.6. The first-order valence-corrected chi connectivity index (χ1v) is 8.55. The normalized spacial score (nSPS) is 25.4. The molecule has 1 aliphatic heterocycles. The number of carbonyl (C=O) groups is 2. The molecule has 3 atom stereocenters. The molecule has 3 unspecified atom stereocenters. The average Bonchev–Trinajstić information content (AvgIpc) is 2.40. The van der Waals surface area contributed by atoms with Gasteiger partial charge in [-0.15, -0.1) is 0 Å². The number of amides is 2. The Morgan fingerprint density at radius 3 is 2.58 bits per heavy atom. The molecule has 0 aromatic rings. The standard InChI is InChI=1S/C14H26N2O2S/c1-5-7-11-14(18)16(8-9-19-4)12(10(3)6-2)13(17)15-11/h10-12H,5-9H2,1-4H3,(H,15,17). The molecule has 5 heteroatoms. The van der Waals surface area contributed by atoms with E-state index in [0.717, 1.165) is 25.0 Å². The summed E-state index contributed by atoms with van der Waals surface area (Å²) in [6.45, 7) is 6.81. The first kappa shape index (κ1) is 16.3. The van der Waals surface area contributed by atoms with Crippen LogP contribution in [0, 0.1) is 5.92 Å². The number of rotatable bonds is 7. The largest absolute Gasteiger partial charge is 0.342 e. The van der Waals surface area contributed by atoms with Crippen molar-refractivity contribution in [3.8, 4) is 0 Å². The van der Waals surface area contributed by atoms with Crippen LogP contribution < -0.4 is 5.32 Å². The van der Waals surface area contributed by atoms with Crippen molar-refractivity contribution >= 4 is 23.6 Å². The van der Waals surface area contributed by atoms with E-state index in [1.807, 2.05) is 25.0 Å². The van der Waals surface area contributed by atoms with Gasteiger partial charge in [-0.3, -0.25) is 9.59 Å². The number of piperazine rings is 1. The fourth-order valence-corrected chi connectivity index (χ4v) is 2.89. The number of nitrogens with one attached hydrogen (secondary N) is 1. The SMILES string of the molecule is CCCC1NC(=O)C(C(C)CC)N(CCSC)C1=O. The van der Waals surface area contributed by atoms with Crippen molar-refractivity contribution in [1.29, 1.82) is 0 Å². The van der Waals surface area contributed by atoms with Crippen LogP contribution in [-0.4, -0.2) is 47.4 Å². The molecule has 0 bridgehead atoms. The van der Waals surface area contributed by atoms with Crippen LogP contribution in [0.5, 0.6) is 0 Å². The highest BCUT2D eigenvalue weighted by atomic mass is 32.2. The molecule has 0 spiro atoms. The minimum atomic E-state index is -0.320. The monoisotopic (exact) mass is 286 g/mol. The number of nitrogens with zero attached hydrogens (tertiary/aromatic N) is 1. The summed E-state index contributed by atoms with van der Waals surface area (Å²) in [7, 11) is 0. The molecule has 1 rings (SSSR count). The summed E-state index contributed by atoms with van der Waals surface area (Å²) in [5.74, 6) is 1.20. The lowest BCUT2D eigenvalue weighted by molar-refractivity contribution is -0.151. The lowest BCUT2D eigenvalue weighted by atomic mass is 9.92. The van der Waals surface area contributed by atoms with Gasteiger partial charge in [-0.05, 0) is 18.6 Å². The zero-order valence-corrected chi connectivity index (χ0v) is 13.3. The topological polar surface area (TPSA) is 49.4 Å². The van der Waals surface area contributed by atoms with E-state index in [9.17, 15) is 9.59 Å². The highest BCUT2D eigenvalue weighted by molar-refractivity contribution is 7.98. The quantitative estimate of drug-likeness (QED) is 0.777. The highest BCUT2D eigenvalue weighted by Crippen LogP contribution is 2.21. The number of hydrogen-bond donors (Lipinski definition) is 1. The van der Waals surface area contributed by atoms with Crippen molar-refractivity contribution in [2.45, 2.75) is 52.1 Å². The Balaban J connectivity index is 2.89. The Kier molecular flexibility index (Phi) is 6.69. The first-order valence-electron chi connectivity index (χ1n) is 7.16. The predicted molar refractivity (Wildman–Crippen MR) is 80.2 cm³/mol. The Morgan fingerprint density at radius 1 is 1.37 bits per heavy atom. The first-order chi connectivity index (χ1) is 9.06. The van der Waals surface area contributed by atoms with Crippen LogP contribution >= 0.6 is 11.8 Å². The van der Waals surface area contributed by atoms with Gasteiger partial charge in [-0.2, -0.15) is 11.8 Å². The van der Waals surface area contributed by atoms with Gasteiger partial charge in [0.1, 0.15) is 12.1 Å². The number of thioether (sulfide) groups is 1. The third-order valence-corrected chi connectivity index (χ3v) is 4.39. The van der Waals surface area contributed by atoms with Crippen LogP contribution in [0.25, 0.3) is 0 Å². The van der Waals surface area contributed by atoms with E-state index in [2.05, 4.69) is 12.2 Å². The zero-order chi connectivity index (χ0) is 14.4. The summed E-state index contributed by atoms with van der Waals surface area (Å²) in [5, 5.41) is 2.90. The van der Waals surface area contributed by atoms with Crippen molar-refractivity contribution in [2.75, 3.05) is 18.6 Å². The minimum absolute atomic E-state index is 0.0218. The fraction of sp³-hybridized carbons (Fsp3) is 0.857. The second-order valence-corrected chi connectivity index (χ2v) is 6.19. The molecule has 0 aromatic heterocycles. The van der Waals surface area contributed by atoms with E-state index in [4.69, 9.17) is 0 Å². The Hall–Kier alpha value is -0.710. The minimum Gasteiger partial charge on any atom is -0.342 e. The van der Waals surface area contributed by atoms with Crippen molar-refractivity contribution in [1.82, 2.24) is 10.2 Å². The highest BCUT2D eigenvalue weighted by Gasteiger charge is 2.41. The summed E-state index contributed by atoms with van der Waals surface area (Å²) in [6, 6.07) is -0.614. The van der Waals surface area contributed by atoms with E-state index >= 15 is 0 Å². The smallest absolute Gasteiger partial charge is 0.245 e. The van der Waals surface area contributed by atoms with Gasteiger partial charge in [0, 0.05) is 12.3 Å².